The molecule has 2 aliphatic rings. The maximum atomic E-state index is 13.8. The number of sulfonamides is 1. The highest BCUT2D eigenvalue weighted by molar-refractivity contribution is 9.10. The summed E-state index contributed by atoms with van der Waals surface area (Å²) in [6, 6.07) is 10.0. The number of nitrogens with zero attached hydrogens (tertiary/aromatic N) is 2. The fourth-order valence-corrected chi connectivity index (χ4v) is 7.30. The lowest BCUT2D eigenvalue weighted by atomic mass is 9.95. The molecular weight excluding hydrogens is 528 g/mol. The number of carbonyl (C=O) groups is 1. The molecule has 1 saturated carbocycles. The molecular formula is C24H28BrClN2O4S. The number of hydrogen-bond acceptors (Lipinski definition) is 4. The quantitative estimate of drug-likeness (QED) is 0.478. The summed E-state index contributed by atoms with van der Waals surface area (Å²) in [4.78, 5) is 15.4. The number of rotatable bonds is 6. The van der Waals surface area contributed by atoms with Gasteiger partial charge in [0.2, 0.25) is 15.9 Å². The van der Waals surface area contributed by atoms with Crippen LogP contribution in [-0.2, 0) is 21.2 Å². The van der Waals surface area contributed by atoms with Crippen molar-refractivity contribution in [2.45, 2.75) is 62.4 Å². The van der Waals surface area contributed by atoms with Gasteiger partial charge in [0.1, 0.15) is 5.75 Å². The number of methoxy groups -OCH3 is 1. The largest absolute Gasteiger partial charge is 0.495 e. The van der Waals surface area contributed by atoms with Gasteiger partial charge in [0.05, 0.1) is 23.6 Å². The maximum Gasteiger partial charge on any atom is 0.243 e. The summed E-state index contributed by atoms with van der Waals surface area (Å²) >= 11 is 9.73. The molecule has 0 spiro atoms. The highest BCUT2D eigenvalue weighted by Gasteiger charge is 2.38. The van der Waals surface area contributed by atoms with Crippen molar-refractivity contribution in [3.05, 3.63) is 51.5 Å². The molecule has 2 aromatic rings. The highest BCUT2D eigenvalue weighted by atomic mass is 79.9. The number of hydrogen-bond donors (Lipinski definition) is 0. The first kappa shape index (κ1) is 24.5. The first-order chi connectivity index (χ1) is 15.7. The van der Waals surface area contributed by atoms with E-state index >= 15 is 0 Å². The summed E-state index contributed by atoms with van der Waals surface area (Å²) in [5.41, 5.74) is 1.93. The van der Waals surface area contributed by atoms with E-state index in [1.807, 2.05) is 25.1 Å². The van der Waals surface area contributed by atoms with Crippen LogP contribution in [0.25, 0.3) is 0 Å². The molecule has 1 atom stereocenters. The van der Waals surface area contributed by atoms with E-state index in [1.165, 1.54) is 23.5 Å². The second kappa shape index (κ2) is 9.94. The minimum absolute atomic E-state index is 0.0341. The van der Waals surface area contributed by atoms with Crippen molar-refractivity contribution in [2.24, 2.45) is 0 Å². The van der Waals surface area contributed by atoms with Gasteiger partial charge in [-0.3, -0.25) is 4.79 Å². The second-order valence-electron chi connectivity index (χ2n) is 8.73. The predicted octanol–water partition coefficient (Wildman–Crippen LogP) is 5.41. The summed E-state index contributed by atoms with van der Waals surface area (Å²) in [6.07, 6.45) is 5.21. The van der Waals surface area contributed by atoms with Crippen LogP contribution in [0.2, 0.25) is 5.02 Å². The summed E-state index contributed by atoms with van der Waals surface area (Å²) in [7, 11) is -2.45. The molecule has 1 aliphatic carbocycles. The van der Waals surface area contributed by atoms with Crippen molar-refractivity contribution >= 4 is 49.1 Å². The average Bonchev–Trinajstić information content (AvgIpc) is 3.12. The molecule has 0 radical (unpaired) electrons. The smallest absolute Gasteiger partial charge is 0.243 e. The summed E-state index contributed by atoms with van der Waals surface area (Å²) < 4.78 is 35.0. The Balaban J connectivity index is 1.67. The Labute approximate surface area is 209 Å². The zero-order valence-corrected chi connectivity index (χ0v) is 21.9. The van der Waals surface area contributed by atoms with Crippen molar-refractivity contribution in [3.63, 3.8) is 0 Å². The molecule has 0 unspecified atom stereocenters. The Bertz CT molecular complexity index is 1150. The number of fused-ring (bicyclic) bond motifs is 1. The van der Waals surface area contributed by atoms with Gasteiger partial charge in [0.15, 0.2) is 0 Å². The van der Waals surface area contributed by atoms with E-state index in [0.717, 1.165) is 54.2 Å². The molecule has 0 N–H and O–H groups in total. The number of halogens is 2. The molecule has 0 bridgehead atoms. The number of amides is 1. The Morgan fingerprint density at radius 2 is 1.91 bits per heavy atom. The molecule has 1 aliphatic heterocycles. The van der Waals surface area contributed by atoms with Gasteiger partial charge in [-0.05, 0) is 68.1 Å². The fraction of sp³-hybridized carbons (Fsp3) is 0.458. The van der Waals surface area contributed by atoms with Gasteiger partial charge in [0, 0.05) is 22.2 Å². The Kier molecular flexibility index (Phi) is 7.38. The number of benzene rings is 2. The van der Waals surface area contributed by atoms with E-state index < -0.39 is 10.0 Å². The van der Waals surface area contributed by atoms with Crippen molar-refractivity contribution < 1.29 is 17.9 Å². The predicted molar refractivity (Wildman–Crippen MR) is 134 cm³/mol. The number of ether oxygens (including phenoxy) is 1. The topological polar surface area (TPSA) is 66.9 Å². The maximum absolute atomic E-state index is 13.8. The van der Waals surface area contributed by atoms with Crippen LogP contribution in [0.4, 0.5) is 5.69 Å². The van der Waals surface area contributed by atoms with Crippen LogP contribution in [0.15, 0.2) is 45.8 Å². The third-order valence-electron chi connectivity index (χ3n) is 6.53. The van der Waals surface area contributed by atoms with Crippen LogP contribution in [-0.4, -0.2) is 44.4 Å². The van der Waals surface area contributed by atoms with Crippen LogP contribution in [0.1, 0.15) is 44.6 Å². The third kappa shape index (κ3) is 4.94. The molecule has 6 nitrogen and oxygen atoms in total. The molecule has 4 rings (SSSR count). The highest BCUT2D eigenvalue weighted by Crippen LogP contribution is 2.36. The SMILES string of the molecule is COc1ccc(S(=O)(=O)N(CC(=O)N2c3ccc(Br)cc3C[C@H]2C)C2CCCCC2)cc1Cl. The minimum Gasteiger partial charge on any atom is -0.495 e. The molecule has 0 aromatic heterocycles. The van der Waals surface area contributed by atoms with Gasteiger partial charge >= 0.3 is 0 Å². The summed E-state index contributed by atoms with van der Waals surface area (Å²) in [5.74, 6) is 0.196. The molecule has 2 aromatic carbocycles. The lowest BCUT2D eigenvalue weighted by Crippen LogP contribution is -2.49. The van der Waals surface area contributed by atoms with E-state index in [1.54, 1.807) is 11.0 Å². The van der Waals surface area contributed by atoms with Crippen LogP contribution in [0.5, 0.6) is 5.75 Å². The van der Waals surface area contributed by atoms with E-state index in [4.69, 9.17) is 16.3 Å². The number of anilines is 1. The lowest BCUT2D eigenvalue weighted by molar-refractivity contribution is -0.119. The standard InChI is InChI=1S/C24H28BrClN2O4S/c1-16-12-17-13-18(25)8-10-22(17)28(16)24(29)15-27(19-6-4-3-5-7-19)33(30,31)20-9-11-23(32-2)21(26)14-20/h8-11,13-14,16,19H,3-7,12,15H2,1-2H3/t16-/m1/s1. The lowest BCUT2D eigenvalue weighted by Gasteiger charge is -2.34. The van der Waals surface area contributed by atoms with Crippen LogP contribution in [0, 0.1) is 0 Å². The minimum atomic E-state index is -3.94. The molecule has 1 heterocycles. The second-order valence-corrected chi connectivity index (χ2v) is 11.9. The van der Waals surface area contributed by atoms with Crippen molar-refractivity contribution in [2.75, 3.05) is 18.6 Å². The van der Waals surface area contributed by atoms with Gasteiger partial charge in [-0.25, -0.2) is 8.42 Å². The van der Waals surface area contributed by atoms with Crippen molar-refractivity contribution in [1.82, 2.24) is 4.31 Å². The van der Waals surface area contributed by atoms with Gasteiger partial charge in [0.25, 0.3) is 0 Å². The fourth-order valence-electron chi connectivity index (χ4n) is 4.91. The zero-order chi connectivity index (χ0) is 23.8. The molecule has 1 amide bonds. The molecule has 1 fully saturated rings. The molecule has 33 heavy (non-hydrogen) atoms. The monoisotopic (exact) mass is 554 g/mol. The molecule has 178 valence electrons. The van der Waals surface area contributed by atoms with Gasteiger partial charge < -0.3 is 9.64 Å². The van der Waals surface area contributed by atoms with Gasteiger partial charge in [-0.15, -0.1) is 0 Å². The normalized spacial score (nSPS) is 19.1. The summed E-state index contributed by atoms with van der Waals surface area (Å²) in [5, 5.41) is 0.223. The van der Waals surface area contributed by atoms with Crippen molar-refractivity contribution in [3.8, 4) is 5.75 Å². The molecule has 9 heteroatoms. The van der Waals surface area contributed by atoms with E-state index in [9.17, 15) is 13.2 Å². The first-order valence-corrected chi connectivity index (χ1v) is 13.8. The Morgan fingerprint density at radius 3 is 2.58 bits per heavy atom. The van der Waals surface area contributed by atoms with Crippen LogP contribution in [0.3, 0.4) is 0 Å². The van der Waals surface area contributed by atoms with Crippen LogP contribution < -0.4 is 9.64 Å². The average molecular weight is 556 g/mol. The first-order valence-electron chi connectivity index (χ1n) is 11.2. The summed E-state index contributed by atoms with van der Waals surface area (Å²) in [6.45, 7) is 1.80. The van der Waals surface area contributed by atoms with E-state index in [2.05, 4.69) is 15.9 Å². The van der Waals surface area contributed by atoms with E-state index in [-0.39, 0.29) is 34.5 Å². The van der Waals surface area contributed by atoms with Gasteiger partial charge in [-0.1, -0.05) is 46.8 Å². The third-order valence-corrected chi connectivity index (χ3v) is 9.21. The Hall–Kier alpha value is -1.61. The zero-order valence-electron chi connectivity index (χ0n) is 18.8. The Morgan fingerprint density at radius 1 is 1.18 bits per heavy atom. The van der Waals surface area contributed by atoms with Gasteiger partial charge in [-0.2, -0.15) is 4.31 Å². The molecule has 0 saturated heterocycles. The van der Waals surface area contributed by atoms with E-state index in [0.29, 0.717) is 5.75 Å². The number of carbonyl (C=O) groups excluding carboxylic acids is 1. The van der Waals surface area contributed by atoms with Crippen LogP contribution >= 0.6 is 27.5 Å². The van der Waals surface area contributed by atoms with Crippen molar-refractivity contribution in [1.29, 1.82) is 0 Å².